The summed E-state index contributed by atoms with van der Waals surface area (Å²) in [7, 11) is 0. The molecule has 3 fully saturated rings. The summed E-state index contributed by atoms with van der Waals surface area (Å²) in [5.74, 6) is 3.78. The van der Waals surface area contributed by atoms with Crippen LogP contribution in [0.5, 0.6) is 0 Å². The van der Waals surface area contributed by atoms with Gasteiger partial charge >= 0.3 is 0 Å². The van der Waals surface area contributed by atoms with E-state index in [1.807, 2.05) is 0 Å². The summed E-state index contributed by atoms with van der Waals surface area (Å²) in [6, 6.07) is 0. The Morgan fingerprint density at radius 2 is 2.00 bits per heavy atom. The number of rotatable bonds is 0. The number of hydrogen-bond donors (Lipinski definition) is 0. The standard InChI is InChI=1S/C10H12O/c1-2-5-6(3-1)8-4-7(5)9-10(8)11-9/h1-2,5-10H,3-4H2/t5?,6?,7?,8?,9-,10+/m1/s1. The van der Waals surface area contributed by atoms with Gasteiger partial charge in [0, 0.05) is 0 Å². The Morgan fingerprint density at radius 3 is 3.00 bits per heavy atom. The van der Waals surface area contributed by atoms with E-state index in [9.17, 15) is 0 Å². The molecule has 1 nitrogen and oxygen atoms in total. The molecule has 0 spiro atoms. The van der Waals surface area contributed by atoms with Gasteiger partial charge in [0.15, 0.2) is 0 Å². The molecule has 1 aliphatic heterocycles. The van der Waals surface area contributed by atoms with Gasteiger partial charge in [0.05, 0.1) is 12.2 Å². The van der Waals surface area contributed by atoms with E-state index in [0.29, 0.717) is 12.2 Å². The zero-order valence-electron chi connectivity index (χ0n) is 6.44. The molecule has 6 atom stereocenters. The maximum Gasteiger partial charge on any atom is 0.0878 e. The van der Waals surface area contributed by atoms with Gasteiger partial charge in [-0.15, -0.1) is 0 Å². The van der Waals surface area contributed by atoms with Gasteiger partial charge in [-0.1, -0.05) is 12.2 Å². The molecule has 1 saturated heterocycles. The van der Waals surface area contributed by atoms with E-state index in [4.69, 9.17) is 4.74 Å². The number of allylic oxidation sites excluding steroid dienone is 2. The normalized spacial score (nSPS) is 68.4. The van der Waals surface area contributed by atoms with Crippen LogP contribution in [0.2, 0.25) is 0 Å². The maximum atomic E-state index is 5.64. The minimum atomic E-state index is 0.698. The first kappa shape index (κ1) is 5.36. The quantitative estimate of drug-likeness (QED) is 0.375. The van der Waals surface area contributed by atoms with Crippen molar-refractivity contribution in [2.45, 2.75) is 25.0 Å². The van der Waals surface area contributed by atoms with Gasteiger partial charge < -0.3 is 4.74 Å². The summed E-state index contributed by atoms with van der Waals surface area (Å²) in [5.41, 5.74) is 0. The molecule has 58 valence electrons. The molecule has 4 aliphatic rings. The number of ether oxygens (including phenoxy) is 1. The fourth-order valence-corrected chi connectivity index (χ4v) is 3.82. The molecule has 0 radical (unpaired) electrons. The first-order chi connectivity index (χ1) is 5.45. The Labute approximate surface area is 66.4 Å². The summed E-state index contributed by atoms with van der Waals surface area (Å²) in [4.78, 5) is 0. The molecule has 0 aromatic carbocycles. The molecule has 1 heteroatoms. The summed E-state index contributed by atoms with van der Waals surface area (Å²) < 4.78 is 5.64. The Hall–Kier alpha value is -0.300. The highest BCUT2D eigenvalue weighted by atomic mass is 16.6. The van der Waals surface area contributed by atoms with Crippen LogP contribution in [0.1, 0.15) is 12.8 Å². The number of hydrogen-bond acceptors (Lipinski definition) is 1. The van der Waals surface area contributed by atoms with Gasteiger partial charge in [0.1, 0.15) is 0 Å². The summed E-state index contributed by atoms with van der Waals surface area (Å²) in [6.45, 7) is 0. The van der Waals surface area contributed by atoms with Crippen LogP contribution in [0.15, 0.2) is 12.2 Å². The van der Waals surface area contributed by atoms with Crippen molar-refractivity contribution >= 4 is 0 Å². The maximum absolute atomic E-state index is 5.64. The van der Waals surface area contributed by atoms with Crippen molar-refractivity contribution in [3.63, 3.8) is 0 Å². The van der Waals surface area contributed by atoms with Crippen molar-refractivity contribution in [2.24, 2.45) is 23.7 Å². The van der Waals surface area contributed by atoms with Crippen LogP contribution >= 0.6 is 0 Å². The molecule has 4 rings (SSSR count). The second-order valence-electron chi connectivity index (χ2n) is 4.53. The first-order valence-corrected chi connectivity index (χ1v) is 4.77. The van der Waals surface area contributed by atoms with Crippen LogP contribution in [0.3, 0.4) is 0 Å². The van der Waals surface area contributed by atoms with Gasteiger partial charge in [-0.25, -0.2) is 0 Å². The van der Waals surface area contributed by atoms with E-state index in [1.54, 1.807) is 0 Å². The van der Waals surface area contributed by atoms with Crippen molar-refractivity contribution in [1.29, 1.82) is 0 Å². The predicted octanol–water partition coefficient (Wildman–Crippen LogP) is 1.60. The zero-order chi connectivity index (χ0) is 7.00. The second-order valence-corrected chi connectivity index (χ2v) is 4.53. The van der Waals surface area contributed by atoms with Crippen LogP contribution in [0.25, 0.3) is 0 Å². The molecule has 0 aromatic rings. The van der Waals surface area contributed by atoms with E-state index < -0.39 is 0 Å². The third-order valence-corrected chi connectivity index (χ3v) is 4.26. The molecule has 0 aromatic heterocycles. The van der Waals surface area contributed by atoms with E-state index in [2.05, 4.69) is 12.2 Å². The highest BCUT2D eigenvalue weighted by Crippen LogP contribution is 2.64. The van der Waals surface area contributed by atoms with Crippen LogP contribution < -0.4 is 0 Å². The number of epoxide rings is 1. The third-order valence-electron chi connectivity index (χ3n) is 4.26. The molecule has 3 aliphatic carbocycles. The summed E-state index contributed by atoms with van der Waals surface area (Å²) >= 11 is 0. The third kappa shape index (κ3) is 0.451. The molecule has 0 amide bonds. The van der Waals surface area contributed by atoms with Crippen molar-refractivity contribution in [1.82, 2.24) is 0 Å². The molecular weight excluding hydrogens is 136 g/mol. The van der Waals surface area contributed by atoms with Crippen LogP contribution in [0.4, 0.5) is 0 Å². The van der Waals surface area contributed by atoms with E-state index in [-0.39, 0.29) is 0 Å². The Bertz CT molecular complexity index is 245. The SMILES string of the molecule is C1=CC2C(C1)C1CC2[C@H]2O[C@@H]12. The van der Waals surface area contributed by atoms with Gasteiger partial charge in [0.2, 0.25) is 0 Å². The lowest BCUT2D eigenvalue weighted by molar-refractivity contribution is 0.250. The largest absolute Gasteiger partial charge is 0.369 e. The zero-order valence-corrected chi connectivity index (χ0v) is 6.44. The minimum Gasteiger partial charge on any atom is -0.369 e. The molecule has 4 unspecified atom stereocenters. The topological polar surface area (TPSA) is 12.5 Å². The van der Waals surface area contributed by atoms with Crippen molar-refractivity contribution < 1.29 is 4.74 Å². The molecule has 1 heterocycles. The average molecular weight is 148 g/mol. The first-order valence-electron chi connectivity index (χ1n) is 4.77. The Balaban J connectivity index is 1.82. The molecule has 2 saturated carbocycles. The molecule has 11 heavy (non-hydrogen) atoms. The van der Waals surface area contributed by atoms with Crippen LogP contribution in [-0.4, -0.2) is 12.2 Å². The van der Waals surface area contributed by atoms with Crippen molar-refractivity contribution in [3.05, 3.63) is 12.2 Å². The highest BCUT2D eigenvalue weighted by Gasteiger charge is 2.66. The van der Waals surface area contributed by atoms with Gasteiger partial charge in [0.25, 0.3) is 0 Å². The second kappa shape index (κ2) is 1.42. The van der Waals surface area contributed by atoms with Crippen LogP contribution in [-0.2, 0) is 4.74 Å². The lowest BCUT2D eigenvalue weighted by Crippen LogP contribution is -2.23. The summed E-state index contributed by atoms with van der Waals surface area (Å²) in [5, 5.41) is 0. The molecular formula is C10H12O. The van der Waals surface area contributed by atoms with Gasteiger partial charge in [-0.3, -0.25) is 0 Å². The van der Waals surface area contributed by atoms with Gasteiger partial charge in [-0.05, 0) is 36.5 Å². The minimum absolute atomic E-state index is 0.698. The van der Waals surface area contributed by atoms with E-state index in [1.165, 1.54) is 12.8 Å². The predicted molar refractivity (Wildman–Crippen MR) is 41.0 cm³/mol. The average Bonchev–Trinajstić information content (AvgIpc) is 2.46. The van der Waals surface area contributed by atoms with Crippen LogP contribution in [0, 0.1) is 23.7 Å². The van der Waals surface area contributed by atoms with Gasteiger partial charge in [-0.2, -0.15) is 0 Å². The molecule has 2 bridgehead atoms. The Kier molecular flexibility index (Phi) is 0.695. The van der Waals surface area contributed by atoms with Crippen molar-refractivity contribution in [2.75, 3.05) is 0 Å². The number of fused-ring (bicyclic) bond motifs is 8. The van der Waals surface area contributed by atoms with Crippen molar-refractivity contribution in [3.8, 4) is 0 Å². The Morgan fingerprint density at radius 1 is 1.09 bits per heavy atom. The lowest BCUT2D eigenvalue weighted by Gasteiger charge is -2.20. The van der Waals surface area contributed by atoms with E-state index >= 15 is 0 Å². The fourth-order valence-electron chi connectivity index (χ4n) is 3.82. The summed E-state index contributed by atoms with van der Waals surface area (Å²) in [6.07, 6.45) is 9.07. The monoisotopic (exact) mass is 148 g/mol. The lowest BCUT2D eigenvalue weighted by atomic mass is 9.82. The molecule has 0 N–H and O–H groups in total. The highest BCUT2D eigenvalue weighted by molar-refractivity contribution is 5.21. The van der Waals surface area contributed by atoms with E-state index in [0.717, 1.165) is 23.7 Å². The smallest absolute Gasteiger partial charge is 0.0878 e. The fraction of sp³-hybridized carbons (Fsp3) is 0.800.